The van der Waals surface area contributed by atoms with Crippen molar-refractivity contribution in [2.75, 3.05) is 6.61 Å². The molecule has 0 bridgehead atoms. The molecule has 0 fully saturated rings. The van der Waals surface area contributed by atoms with E-state index in [-0.39, 0.29) is 12.6 Å². The largest absolute Gasteiger partial charge is 0.394 e. The summed E-state index contributed by atoms with van der Waals surface area (Å²) in [5, 5.41) is 9.01. The summed E-state index contributed by atoms with van der Waals surface area (Å²) in [7, 11) is 0. The first-order valence-electron chi connectivity index (χ1n) is 4.98. The van der Waals surface area contributed by atoms with Crippen LogP contribution in [0.25, 0.3) is 0 Å². The van der Waals surface area contributed by atoms with Gasteiger partial charge in [0.2, 0.25) is 0 Å². The molecule has 0 aromatic heterocycles. The van der Waals surface area contributed by atoms with E-state index in [1.54, 1.807) is 0 Å². The van der Waals surface area contributed by atoms with Crippen LogP contribution in [0.15, 0.2) is 35.3 Å². The minimum absolute atomic E-state index is 0.0372. The molecule has 1 aromatic carbocycles. The van der Waals surface area contributed by atoms with Crippen molar-refractivity contribution >= 4 is 5.71 Å². The number of benzene rings is 1. The van der Waals surface area contributed by atoms with Gasteiger partial charge in [-0.1, -0.05) is 37.3 Å². The van der Waals surface area contributed by atoms with Crippen molar-refractivity contribution in [2.45, 2.75) is 26.3 Å². The Morgan fingerprint density at radius 3 is 2.50 bits per heavy atom. The molecule has 0 saturated heterocycles. The van der Waals surface area contributed by atoms with E-state index in [0.29, 0.717) is 0 Å². The Morgan fingerprint density at radius 1 is 1.36 bits per heavy atom. The Bertz CT molecular complexity index is 288. The summed E-state index contributed by atoms with van der Waals surface area (Å²) in [6.45, 7) is 4.14. The monoisotopic (exact) mass is 191 g/mol. The lowest BCUT2D eigenvalue weighted by Gasteiger charge is -2.08. The van der Waals surface area contributed by atoms with E-state index in [1.165, 1.54) is 0 Å². The first kappa shape index (κ1) is 10.9. The number of rotatable bonds is 4. The highest BCUT2D eigenvalue weighted by atomic mass is 16.3. The van der Waals surface area contributed by atoms with Gasteiger partial charge in [0.1, 0.15) is 0 Å². The van der Waals surface area contributed by atoms with Gasteiger partial charge in [-0.2, -0.15) is 0 Å². The predicted octanol–water partition coefficient (Wildman–Crippen LogP) is 2.27. The van der Waals surface area contributed by atoms with E-state index < -0.39 is 0 Å². The quantitative estimate of drug-likeness (QED) is 0.727. The van der Waals surface area contributed by atoms with Gasteiger partial charge in [-0.25, -0.2) is 0 Å². The molecule has 0 aliphatic heterocycles. The SMILES string of the molecule is CC[C@@H](CO)N=C(C)c1ccccc1. The van der Waals surface area contributed by atoms with Crippen LogP contribution in [0.1, 0.15) is 25.8 Å². The van der Waals surface area contributed by atoms with E-state index in [1.807, 2.05) is 44.2 Å². The van der Waals surface area contributed by atoms with Crippen LogP contribution in [0, 0.1) is 0 Å². The third-order valence-electron chi connectivity index (χ3n) is 2.25. The second-order valence-electron chi connectivity index (χ2n) is 3.33. The van der Waals surface area contributed by atoms with Crippen LogP contribution in [0.3, 0.4) is 0 Å². The maximum Gasteiger partial charge on any atom is 0.0731 e. The zero-order chi connectivity index (χ0) is 10.4. The van der Waals surface area contributed by atoms with Crippen LogP contribution >= 0.6 is 0 Å². The first-order chi connectivity index (χ1) is 6.77. The van der Waals surface area contributed by atoms with E-state index in [4.69, 9.17) is 5.11 Å². The smallest absolute Gasteiger partial charge is 0.0731 e. The molecule has 1 aromatic rings. The van der Waals surface area contributed by atoms with Gasteiger partial charge in [0, 0.05) is 5.71 Å². The molecule has 0 unspecified atom stereocenters. The molecule has 0 spiro atoms. The summed E-state index contributed by atoms with van der Waals surface area (Å²) in [6, 6.07) is 10.1. The average molecular weight is 191 g/mol. The van der Waals surface area contributed by atoms with Gasteiger partial charge in [-0.05, 0) is 18.9 Å². The third-order valence-corrected chi connectivity index (χ3v) is 2.25. The number of aliphatic hydroxyl groups is 1. The fourth-order valence-corrected chi connectivity index (χ4v) is 1.29. The summed E-state index contributed by atoms with van der Waals surface area (Å²) in [5.41, 5.74) is 2.12. The Kier molecular flexibility index (Phi) is 4.33. The Hall–Kier alpha value is -1.15. The minimum Gasteiger partial charge on any atom is -0.394 e. The maximum atomic E-state index is 9.01. The first-order valence-corrected chi connectivity index (χ1v) is 4.98. The van der Waals surface area contributed by atoms with Gasteiger partial charge in [0.05, 0.1) is 12.6 Å². The lowest BCUT2D eigenvalue weighted by Crippen LogP contribution is -2.11. The van der Waals surface area contributed by atoms with Gasteiger partial charge in [-0.15, -0.1) is 0 Å². The molecule has 76 valence electrons. The molecule has 0 amide bonds. The topological polar surface area (TPSA) is 32.6 Å². The lowest BCUT2D eigenvalue weighted by atomic mass is 10.1. The van der Waals surface area contributed by atoms with E-state index >= 15 is 0 Å². The summed E-state index contributed by atoms with van der Waals surface area (Å²) in [5.74, 6) is 0. The van der Waals surface area contributed by atoms with Crippen LogP contribution in [0.4, 0.5) is 0 Å². The Balaban J connectivity index is 2.78. The van der Waals surface area contributed by atoms with Crippen molar-refractivity contribution in [3.63, 3.8) is 0 Å². The molecular weight excluding hydrogens is 174 g/mol. The molecule has 0 saturated carbocycles. The number of aliphatic hydroxyl groups excluding tert-OH is 1. The lowest BCUT2D eigenvalue weighted by molar-refractivity contribution is 0.264. The minimum atomic E-state index is 0.0372. The zero-order valence-electron chi connectivity index (χ0n) is 8.77. The second kappa shape index (κ2) is 5.55. The standard InChI is InChI=1S/C12H17NO/c1-3-12(9-14)13-10(2)11-7-5-4-6-8-11/h4-8,12,14H,3,9H2,1-2H3/t12-/m0/s1. The fourth-order valence-electron chi connectivity index (χ4n) is 1.29. The molecule has 1 rings (SSSR count). The molecule has 1 N–H and O–H groups in total. The summed E-state index contributed by atoms with van der Waals surface area (Å²) >= 11 is 0. The predicted molar refractivity (Wildman–Crippen MR) is 59.8 cm³/mol. The van der Waals surface area contributed by atoms with E-state index in [0.717, 1.165) is 17.7 Å². The number of hydrogen-bond acceptors (Lipinski definition) is 2. The molecule has 2 heteroatoms. The van der Waals surface area contributed by atoms with Crippen LogP contribution in [0.2, 0.25) is 0 Å². The van der Waals surface area contributed by atoms with Crippen molar-refractivity contribution in [3.8, 4) is 0 Å². The van der Waals surface area contributed by atoms with Crippen molar-refractivity contribution < 1.29 is 5.11 Å². The average Bonchev–Trinajstić information content (AvgIpc) is 2.26. The molecular formula is C12H17NO. The Labute approximate surface area is 85.3 Å². The molecule has 0 aliphatic carbocycles. The van der Waals surface area contributed by atoms with E-state index in [2.05, 4.69) is 4.99 Å². The van der Waals surface area contributed by atoms with Gasteiger partial charge in [0.25, 0.3) is 0 Å². The molecule has 0 aliphatic rings. The molecule has 14 heavy (non-hydrogen) atoms. The fraction of sp³-hybridized carbons (Fsp3) is 0.417. The van der Waals surface area contributed by atoms with Gasteiger partial charge in [0.15, 0.2) is 0 Å². The highest BCUT2D eigenvalue weighted by Crippen LogP contribution is 2.04. The summed E-state index contributed by atoms with van der Waals surface area (Å²) in [6.07, 6.45) is 0.876. The highest BCUT2D eigenvalue weighted by Gasteiger charge is 2.02. The molecule has 0 heterocycles. The highest BCUT2D eigenvalue weighted by molar-refractivity contribution is 5.98. The van der Waals surface area contributed by atoms with Crippen LogP contribution < -0.4 is 0 Å². The third kappa shape index (κ3) is 2.96. The number of hydrogen-bond donors (Lipinski definition) is 1. The maximum absolute atomic E-state index is 9.01. The van der Waals surface area contributed by atoms with E-state index in [9.17, 15) is 0 Å². The zero-order valence-corrected chi connectivity index (χ0v) is 8.77. The summed E-state index contributed by atoms with van der Waals surface area (Å²) < 4.78 is 0. The van der Waals surface area contributed by atoms with Crippen molar-refractivity contribution in [2.24, 2.45) is 4.99 Å². The van der Waals surface area contributed by atoms with Gasteiger partial charge in [-0.3, -0.25) is 4.99 Å². The van der Waals surface area contributed by atoms with Gasteiger partial charge >= 0.3 is 0 Å². The Morgan fingerprint density at radius 2 is 2.00 bits per heavy atom. The van der Waals surface area contributed by atoms with Crippen LogP contribution in [-0.4, -0.2) is 23.5 Å². The van der Waals surface area contributed by atoms with Crippen molar-refractivity contribution in [1.82, 2.24) is 0 Å². The molecule has 0 radical (unpaired) electrons. The number of aliphatic imine (C=N–C) groups is 1. The van der Waals surface area contributed by atoms with Crippen molar-refractivity contribution in [3.05, 3.63) is 35.9 Å². The number of nitrogens with zero attached hydrogens (tertiary/aromatic N) is 1. The van der Waals surface area contributed by atoms with Crippen molar-refractivity contribution in [1.29, 1.82) is 0 Å². The molecule has 2 nitrogen and oxygen atoms in total. The molecule has 1 atom stereocenters. The normalized spacial score (nSPS) is 14.1. The van der Waals surface area contributed by atoms with Gasteiger partial charge < -0.3 is 5.11 Å². The van der Waals surface area contributed by atoms with Crippen LogP contribution in [0.5, 0.6) is 0 Å². The van der Waals surface area contributed by atoms with Crippen LogP contribution in [-0.2, 0) is 0 Å². The summed E-state index contributed by atoms with van der Waals surface area (Å²) in [4.78, 5) is 4.45. The second-order valence-corrected chi connectivity index (χ2v) is 3.33.